The van der Waals surface area contributed by atoms with Gasteiger partial charge in [-0.05, 0) is 18.6 Å². The van der Waals surface area contributed by atoms with Gasteiger partial charge >= 0.3 is 0 Å². The standard InChI is InChI=1S/C8H8BrNO/c1-6-2-3-8(10-4-6)7(9)5-11/h2-5,7H,1H3. The highest BCUT2D eigenvalue weighted by Crippen LogP contribution is 2.17. The molecule has 0 aliphatic carbocycles. The van der Waals surface area contributed by atoms with E-state index in [0.29, 0.717) is 0 Å². The number of rotatable bonds is 2. The molecule has 0 bridgehead atoms. The van der Waals surface area contributed by atoms with Crippen molar-refractivity contribution in [1.29, 1.82) is 0 Å². The quantitative estimate of drug-likeness (QED) is 0.556. The number of nitrogens with zero attached hydrogens (tertiary/aromatic N) is 1. The Morgan fingerprint density at radius 2 is 2.36 bits per heavy atom. The van der Waals surface area contributed by atoms with Crippen LogP contribution in [-0.2, 0) is 4.79 Å². The van der Waals surface area contributed by atoms with Crippen LogP contribution in [0.2, 0.25) is 0 Å². The highest BCUT2D eigenvalue weighted by atomic mass is 79.9. The number of carbonyl (C=O) groups is 1. The largest absolute Gasteiger partial charge is 0.302 e. The zero-order valence-corrected chi connectivity index (χ0v) is 7.71. The lowest BCUT2D eigenvalue weighted by Gasteiger charge is -1.99. The topological polar surface area (TPSA) is 30.0 Å². The third kappa shape index (κ3) is 2.12. The summed E-state index contributed by atoms with van der Waals surface area (Å²) in [5, 5.41) is 0. The van der Waals surface area contributed by atoms with Crippen LogP contribution in [0.25, 0.3) is 0 Å². The molecule has 0 amide bonds. The monoisotopic (exact) mass is 213 g/mol. The van der Waals surface area contributed by atoms with Crippen molar-refractivity contribution in [2.75, 3.05) is 0 Å². The van der Waals surface area contributed by atoms with Crippen molar-refractivity contribution in [2.45, 2.75) is 11.8 Å². The average Bonchev–Trinajstić information content (AvgIpc) is 2.05. The molecule has 3 heteroatoms. The van der Waals surface area contributed by atoms with Gasteiger partial charge in [0.1, 0.15) is 11.1 Å². The molecule has 0 aromatic carbocycles. The molecule has 58 valence electrons. The van der Waals surface area contributed by atoms with E-state index >= 15 is 0 Å². The van der Waals surface area contributed by atoms with Crippen LogP contribution < -0.4 is 0 Å². The van der Waals surface area contributed by atoms with E-state index in [1.807, 2.05) is 19.1 Å². The van der Waals surface area contributed by atoms with E-state index in [0.717, 1.165) is 17.5 Å². The minimum absolute atomic E-state index is 0.275. The summed E-state index contributed by atoms with van der Waals surface area (Å²) in [5.74, 6) is 0. The number of aromatic nitrogens is 1. The Labute approximate surface area is 73.8 Å². The Morgan fingerprint density at radius 3 is 2.82 bits per heavy atom. The molecule has 1 rings (SSSR count). The minimum Gasteiger partial charge on any atom is -0.302 e. The van der Waals surface area contributed by atoms with E-state index in [1.54, 1.807) is 6.20 Å². The fourth-order valence-corrected chi connectivity index (χ4v) is 0.983. The molecule has 0 aliphatic heterocycles. The van der Waals surface area contributed by atoms with E-state index < -0.39 is 0 Å². The van der Waals surface area contributed by atoms with Gasteiger partial charge in [-0.15, -0.1) is 0 Å². The Hall–Kier alpha value is -0.700. The van der Waals surface area contributed by atoms with Gasteiger partial charge in [-0.25, -0.2) is 0 Å². The van der Waals surface area contributed by atoms with Crippen LogP contribution in [0.3, 0.4) is 0 Å². The minimum atomic E-state index is -0.275. The second-order valence-electron chi connectivity index (χ2n) is 2.30. The summed E-state index contributed by atoms with van der Waals surface area (Å²) in [4.78, 5) is 14.1. The van der Waals surface area contributed by atoms with Crippen molar-refractivity contribution in [3.63, 3.8) is 0 Å². The molecule has 11 heavy (non-hydrogen) atoms. The van der Waals surface area contributed by atoms with Gasteiger partial charge in [0.05, 0.1) is 5.69 Å². The van der Waals surface area contributed by atoms with Crippen molar-refractivity contribution in [3.05, 3.63) is 29.6 Å². The van der Waals surface area contributed by atoms with Gasteiger partial charge in [-0.1, -0.05) is 22.0 Å². The van der Waals surface area contributed by atoms with Gasteiger partial charge in [0.2, 0.25) is 0 Å². The average molecular weight is 214 g/mol. The Morgan fingerprint density at radius 1 is 1.64 bits per heavy atom. The normalized spacial score (nSPS) is 12.5. The molecule has 2 nitrogen and oxygen atoms in total. The van der Waals surface area contributed by atoms with Crippen molar-refractivity contribution < 1.29 is 4.79 Å². The molecule has 0 saturated carbocycles. The van der Waals surface area contributed by atoms with E-state index in [9.17, 15) is 4.79 Å². The third-order valence-electron chi connectivity index (χ3n) is 1.34. The first-order valence-electron chi connectivity index (χ1n) is 3.26. The van der Waals surface area contributed by atoms with E-state index in [-0.39, 0.29) is 4.83 Å². The maximum atomic E-state index is 10.3. The van der Waals surface area contributed by atoms with Crippen molar-refractivity contribution >= 4 is 22.2 Å². The van der Waals surface area contributed by atoms with Crippen LogP contribution in [0.15, 0.2) is 18.3 Å². The molecule has 0 fully saturated rings. The van der Waals surface area contributed by atoms with Crippen molar-refractivity contribution in [2.24, 2.45) is 0 Å². The Balaban J connectivity index is 2.89. The number of alkyl halides is 1. The number of aldehydes is 1. The van der Waals surface area contributed by atoms with Crippen LogP contribution in [0.5, 0.6) is 0 Å². The van der Waals surface area contributed by atoms with Crippen LogP contribution >= 0.6 is 15.9 Å². The first kappa shape index (κ1) is 8.40. The number of pyridine rings is 1. The fourth-order valence-electron chi connectivity index (χ4n) is 0.712. The number of carbonyl (C=O) groups excluding carboxylic acids is 1. The number of hydrogen-bond donors (Lipinski definition) is 0. The van der Waals surface area contributed by atoms with Crippen molar-refractivity contribution in [3.8, 4) is 0 Å². The maximum absolute atomic E-state index is 10.3. The molecule has 0 saturated heterocycles. The van der Waals surface area contributed by atoms with Gasteiger partial charge in [-0.3, -0.25) is 4.98 Å². The summed E-state index contributed by atoms with van der Waals surface area (Å²) in [7, 11) is 0. The molecular formula is C8H8BrNO. The molecule has 1 aromatic heterocycles. The third-order valence-corrected chi connectivity index (χ3v) is 2.02. The second-order valence-corrected chi connectivity index (χ2v) is 3.28. The zero-order chi connectivity index (χ0) is 8.27. The molecular weight excluding hydrogens is 206 g/mol. The molecule has 1 atom stereocenters. The molecule has 1 heterocycles. The highest BCUT2D eigenvalue weighted by Gasteiger charge is 2.04. The lowest BCUT2D eigenvalue weighted by atomic mass is 10.2. The molecule has 0 spiro atoms. The molecule has 0 radical (unpaired) electrons. The van der Waals surface area contributed by atoms with Crippen LogP contribution in [-0.4, -0.2) is 11.3 Å². The van der Waals surface area contributed by atoms with E-state index in [2.05, 4.69) is 20.9 Å². The Bertz CT molecular complexity index is 245. The molecule has 1 aromatic rings. The first-order chi connectivity index (χ1) is 5.24. The summed E-state index contributed by atoms with van der Waals surface area (Å²) in [6.07, 6.45) is 2.56. The fraction of sp³-hybridized carbons (Fsp3) is 0.250. The van der Waals surface area contributed by atoms with Crippen LogP contribution in [0, 0.1) is 6.92 Å². The summed E-state index contributed by atoms with van der Waals surface area (Å²) in [5.41, 5.74) is 1.85. The van der Waals surface area contributed by atoms with Crippen LogP contribution in [0.4, 0.5) is 0 Å². The van der Waals surface area contributed by atoms with Gasteiger partial charge < -0.3 is 4.79 Å². The number of halogens is 1. The van der Waals surface area contributed by atoms with Gasteiger partial charge in [0.15, 0.2) is 0 Å². The summed E-state index contributed by atoms with van der Waals surface area (Å²) < 4.78 is 0. The highest BCUT2D eigenvalue weighted by molar-refractivity contribution is 9.09. The summed E-state index contributed by atoms with van der Waals surface area (Å²) in [6.45, 7) is 1.96. The zero-order valence-electron chi connectivity index (χ0n) is 6.12. The van der Waals surface area contributed by atoms with E-state index in [1.165, 1.54) is 0 Å². The number of hydrogen-bond acceptors (Lipinski definition) is 2. The summed E-state index contributed by atoms with van der Waals surface area (Å²) >= 11 is 3.18. The molecule has 0 N–H and O–H groups in total. The Kier molecular flexibility index (Phi) is 2.76. The predicted molar refractivity (Wildman–Crippen MR) is 46.7 cm³/mol. The first-order valence-corrected chi connectivity index (χ1v) is 4.17. The maximum Gasteiger partial charge on any atom is 0.139 e. The van der Waals surface area contributed by atoms with Gasteiger partial charge in [0, 0.05) is 6.20 Å². The van der Waals surface area contributed by atoms with Crippen LogP contribution in [0.1, 0.15) is 16.1 Å². The molecule has 0 aliphatic rings. The predicted octanol–water partition coefficient (Wildman–Crippen LogP) is 2.02. The van der Waals surface area contributed by atoms with Gasteiger partial charge in [-0.2, -0.15) is 0 Å². The van der Waals surface area contributed by atoms with Crippen molar-refractivity contribution in [1.82, 2.24) is 4.98 Å². The lowest BCUT2D eigenvalue weighted by Crippen LogP contribution is -1.93. The smallest absolute Gasteiger partial charge is 0.139 e. The van der Waals surface area contributed by atoms with E-state index in [4.69, 9.17) is 0 Å². The number of aryl methyl sites for hydroxylation is 1. The van der Waals surface area contributed by atoms with Gasteiger partial charge in [0.25, 0.3) is 0 Å². The lowest BCUT2D eigenvalue weighted by molar-refractivity contribution is -0.107. The summed E-state index contributed by atoms with van der Waals surface area (Å²) in [6, 6.07) is 3.77. The molecule has 1 unspecified atom stereocenters. The SMILES string of the molecule is Cc1ccc(C(Br)C=O)nc1. The second kappa shape index (κ2) is 3.62.